The molecule has 0 radical (unpaired) electrons. The average molecular weight is 613 g/mol. The van der Waals surface area contributed by atoms with Crippen LogP contribution in [0.2, 0.25) is 0 Å². The van der Waals surface area contributed by atoms with E-state index in [4.69, 9.17) is 18.5 Å². The first-order chi connectivity index (χ1) is 21.3. The summed E-state index contributed by atoms with van der Waals surface area (Å²) in [6, 6.07) is 11.4. The summed E-state index contributed by atoms with van der Waals surface area (Å²) in [5, 5.41) is 13.5. The third kappa shape index (κ3) is 10.7. The molecule has 44 heavy (non-hydrogen) atoms. The quantitative estimate of drug-likeness (QED) is 0.113. The molecule has 0 saturated carbocycles. The van der Waals surface area contributed by atoms with Crippen molar-refractivity contribution in [2.75, 3.05) is 33.8 Å². The van der Waals surface area contributed by atoms with Crippen LogP contribution < -0.4 is 15.4 Å². The van der Waals surface area contributed by atoms with Crippen molar-refractivity contribution < 1.29 is 32.5 Å². The minimum absolute atomic E-state index is 0.0306. The van der Waals surface area contributed by atoms with Crippen molar-refractivity contribution in [2.24, 2.45) is 0 Å². The Labute approximate surface area is 256 Å². The molecule has 0 fully saturated rings. The van der Waals surface area contributed by atoms with Crippen molar-refractivity contribution in [1.82, 2.24) is 30.9 Å². The number of rotatable bonds is 13. The Morgan fingerprint density at radius 2 is 1.57 bits per heavy atom. The molecule has 13 heteroatoms. The van der Waals surface area contributed by atoms with Crippen molar-refractivity contribution in [3.05, 3.63) is 65.6 Å². The summed E-state index contributed by atoms with van der Waals surface area (Å²) < 4.78 is 35.3. The van der Waals surface area contributed by atoms with E-state index in [2.05, 4.69) is 30.9 Å². The molecule has 238 valence electrons. The summed E-state index contributed by atoms with van der Waals surface area (Å²) in [7, 11) is 3.52. The zero-order valence-electron chi connectivity index (χ0n) is 26.2. The molecule has 2 aromatic carbocycles. The van der Waals surface area contributed by atoms with E-state index < -0.39 is 11.9 Å². The standard InChI is InChI=1S/C23H21FN4O4.C6H14N2O2.C2H6/c1-4-19(23-26-21(28-32-23)15-5-6-16(12-29)18(24)11-15)30-17-9-7-14(8-10-17)20-25-22(13(2)3)31-27-20;1-7-3-4-10-6(9)5-8-2;1-2/h5-13,19H,4H2,1-3H3;7-8H,3-5H2,1-2H3;1-2H3. The minimum atomic E-state index is -0.644. The van der Waals surface area contributed by atoms with Gasteiger partial charge in [-0.3, -0.25) is 9.59 Å². The van der Waals surface area contributed by atoms with Gasteiger partial charge in [-0.1, -0.05) is 51.0 Å². The number of ether oxygens (including phenoxy) is 2. The van der Waals surface area contributed by atoms with E-state index in [0.717, 1.165) is 5.56 Å². The molecule has 0 aliphatic heterocycles. The van der Waals surface area contributed by atoms with Crippen molar-refractivity contribution in [2.45, 2.75) is 53.1 Å². The van der Waals surface area contributed by atoms with Gasteiger partial charge in [0.1, 0.15) is 18.2 Å². The number of esters is 1. The fraction of sp³-hybridized carbons (Fsp3) is 0.419. The van der Waals surface area contributed by atoms with E-state index >= 15 is 0 Å². The zero-order chi connectivity index (χ0) is 32.5. The maximum Gasteiger partial charge on any atom is 0.319 e. The number of benzene rings is 2. The normalized spacial score (nSPS) is 11.1. The number of aldehydes is 1. The van der Waals surface area contributed by atoms with Gasteiger partial charge in [0.2, 0.25) is 17.5 Å². The van der Waals surface area contributed by atoms with E-state index in [1.807, 2.05) is 53.8 Å². The van der Waals surface area contributed by atoms with Crippen LogP contribution in [0.25, 0.3) is 22.8 Å². The molecule has 4 aromatic rings. The second kappa shape index (κ2) is 18.9. The number of nitrogens with one attached hydrogen (secondary N) is 2. The molecule has 1 unspecified atom stereocenters. The molecule has 2 N–H and O–H groups in total. The molecule has 1 atom stereocenters. The SMILES string of the molecule is CC.CCC(Oc1ccc(-c2noc(C(C)C)n2)cc1)c1nc(-c2ccc(C=O)c(F)c2)no1.CNCCOC(=O)CNC. The predicted octanol–water partition coefficient (Wildman–Crippen LogP) is 5.39. The van der Waals surface area contributed by atoms with Gasteiger partial charge in [0, 0.05) is 23.6 Å². The van der Waals surface area contributed by atoms with Crippen LogP contribution >= 0.6 is 0 Å². The third-order valence-corrected chi connectivity index (χ3v) is 5.74. The van der Waals surface area contributed by atoms with E-state index in [0.29, 0.717) is 48.9 Å². The van der Waals surface area contributed by atoms with Gasteiger partial charge in [-0.2, -0.15) is 9.97 Å². The topological polar surface area (TPSA) is 155 Å². The van der Waals surface area contributed by atoms with Crippen LogP contribution in [0.3, 0.4) is 0 Å². The molecule has 0 spiro atoms. The number of hydrogen-bond acceptors (Lipinski definition) is 12. The monoisotopic (exact) mass is 612 g/mol. The number of halogens is 1. The molecule has 4 rings (SSSR count). The largest absolute Gasteiger partial charge is 0.481 e. The van der Waals surface area contributed by atoms with Gasteiger partial charge in [-0.05, 0) is 56.9 Å². The Balaban J connectivity index is 0.000000481. The smallest absolute Gasteiger partial charge is 0.319 e. The van der Waals surface area contributed by atoms with Gasteiger partial charge in [0.25, 0.3) is 5.89 Å². The first kappa shape index (κ1) is 35.7. The molecule has 0 aliphatic rings. The van der Waals surface area contributed by atoms with Crippen LogP contribution in [0.4, 0.5) is 4.39 Å². The summed E-state index contributed by atoms with van der Waals surface area (Å²) >= 11 is 0. The summed E-state index contributed by atoms with van der Waals surface area (Å²) in [6.45, 7) is 11.3. The Kier molecular flexibility index (Phi) is 15.4. The van der Waals surface area contributed by atoms with Crippen molar-refractivity contribution in [3.8, 4) is 28.5 Å². The maximum absolute atomic E-state index is 13.9. The van der Waals surface area contributed by atoms with E-state index in [1.165, 1.54) is 12.1 Å². The van der Waals surface area contributed by atoms with Crippen LogP contribution in [0.1, 0.15) is 75.2 Å². The van der Waals surface area contributed by atoms with E-state index in [-0.39, 0.29) is 35.7 Å². The lowest BCUT2D eigenvalue weighted by atomic mass is 10.1. The summed E-state index contributed by atoms with van der Waals surface area (Å²) in [6.07, 6.45) is 0.540. The summed E-state index contributed by atoms with van der Waals surface area (Å²) in [4.78, 5) is 30.1. The van der Waals surface area contributed by atoms with Crippen LogP contribution in [-0.2, 0) is 9.53 Å². The molecule has 0 saturated heterocycles. The van der Waals surface area contributed by atoms with Crippen molar-refractivity contribution in [1.29, 1.82) is 0 Å². The third-order valence-electron chi connectivity index (χ3n) is 5.74. The van der Waals surface area contributed by atoms with Crippen LogP contribution in [0, 0.1) is 5.82 Å². The van der Waals surface area contributed by atoms with Gasteiger partial charge in [0.15, 0.2) is 12.4 Å². The molecular weight excluding hydrogens is 571 g/mol. The number of carbonyl (C=O) groups is 2. The minimum Gasteiger partial charge on any atom is -0.481 e. The Morgan fingerprint density at radius 1 is 0.955 bits per heavy atom. The lowest BCUT2D eigenvalue weighted by molar-refractivity contribution is -0.142. The number of hydrogen-bond donors (Lipinski definition) is 2. The van der Waals surface area contributed by atoms with Crippen LogP contribution in [-0.4, -0.2) is 66.3 Å². The second-order valence-corrected chi connectivity index (χ2v) is 9.31. The Bertz CT molecular complexity index is 1420. The zero-order valence-corrected chi connectivity index (χ0v) is 26.2. The number of likely N-dealkylation sites (N-methyl/N-ethyl adjacent to an activating group) is 2. The number of aromatic nitrogens is 4. The van der Waals surface area contributed by atoms with Gasteiger partial charge < -0.3 is 29.2 Å². The lowest BCUT2D eigenvalue weighted by Gasteiger charge is -2.13. The van der Waals surface area contributed by atoms with E-state index in [9.17, 15) is 14.0 Å². The fourth-order valence-electron chi connectivity index (χ4n) is 3.45. The molecule has 0 bridgehead atoms. The lowest BCUT2D eigenvalue weighted by Crippen LogP contribution is -2.24. The summed E-state index contributed by atoms with van der Waals surface area (Å²) in [5.41, 5.74) is 1.18. The van der Waals surface area contributed by atoms with Crippen molar-refractivity contribution >= 4 is 12.3 Å². The highest BCUT2D eigenvalue weighted by Gasteiger charge is 2.21. The fourth-order valence-corrected chi connectivity index (χ4v) is 3.45. The highest BCUT2D eigenvalue weighted by Crippen LogP contribution is 2.28. The van der Waals surface area contributed by atoms with Crippen LogP contribution in [0.15, 0.2) is 51.5 Å². The molecule has 12 nitrogen and oxygen atoms in total. The van der Waals surface area contributed by atoms with Gasteiger partial charge in [-0.15, -0.1) is 0 Å². The highest BCUT2D eigenvalue weighted by atomic mass is 19.1. The van der Waals surface area contributed by atoms with Crippen molar-refractivity contribution in [3.63, 3.8) is 0 Å². The Morgan fingerprint density at radius 3 is 2.11 bits per heavy atom. The second-order valence-electron chi connectivity index (χ2n) is 9.31. The Hall–Kier alpha value is -4.49. The molecule has 0 amide bonds. The van der Waals surface area contributed by atoms with Gasteiger partial charge in [-0.25, -0.2) is 4.39 Å². The van der Waals surface area contributed by atoms with Gasteiger partial charge in [0.05, 0.1) is 12.1 Å². The number of nitrogens with zero attached hydrogens (tertiary/aromatic N) is 4. The predicted molar refractivity (Wildman–Crippen MR) is 163 cm³/mol. The van der Waals surface area contributed by atoms with Gasteiger partial charge >= 0.3 is 5.97 Å². The molecular formula is C31H41FN6O6. The van der Waals surface area contributed by atoms with E-state index in [1.54, 1.807) is 25.2 Å². The average Bonchev–Trinajstić information content (AvgIpc) is 3.73. The number of carbonyl (C=O) groups excluding carboxylic acids is 2. The maximum atomic E-state index is 13.9. The molecule has 2 heterocycles. The summed E-state index contributed by atoms with van der Waals surface area (Å²) in [5.74, 6) is 1.49. The first-order valence-corrected chi connectivity index (χ1v) is 14.4. The first-order valence-electron chi connectivity index (χ1n) is 14.4. The molecule has 2 aromatic heterocycles. The highest BCUT2D eigenvalue weighted by molar-refractivity contribution is 5.76. The van der Waals surface area contributed by atoms with Crippen LogP contribution in [0.5, 0.6) is 5.75 Å². The molecule has 0 aliphatic carbocycles.